The van der Waals surface area contributed by atoms with Crippen molar-refractivity contribution in [1.29, 1.82) is 0 Å². The number of benzene rings is 1. The van der Waals surface area contributed by atoms with Gasteiger partial charge in [-0.05, 0) is 39.4 Å². The van der Waals surface area contributed by atoms with Gasteiger partial charge in [0.05, 0.1) is 0 Å². The van der Waals surface area contributed by atoms with Crippen molar-refractivity contribution < 1.29 is 51.9 Å². The van der Waals surface area contributed by atoms with Gasteiger partial charge in [0.25, 0.3) is 0 Å². The maximum absolute atomic E-state index is 13.1. The third-order valence-corrected chi connectivity index (χ3v) is 7.62. The quantitative estimate of drug-likeness (QED) is 0.590. The van der Waals surface area contributed by atoms with Crippen molar-refractivity contribution in [3.8, 4) is 0 Å². The maximum Gasteiger partial charge on any atom is 0.249 e. The number of nitrogens with zero attached hydrogens (tertiary/aromatic N) is 3. The third-order valence-electron chi connectivity index (χ3n) is 5.94. The Morgan fingerprint density at radius 3 is 2.52 bits per heavy atom. The van der Waals surface area contributed by atoms with Gasteiger partial charge < -0.3 is 25.8 Å². The van der Waals surface area contributed by atoms with E-state index in [1.54, 1.807) is 47.0 Å². The van der Waals surface area contributed by atoms with Crippen LogP contribution in [0.4, 0.5) is 9.59 Å². The van der Waals surface area contributed by atoms with E-state index in [0.29, 0.717) is 5.56 Å². The molecule has 4 atom stereocenters. The van der Waals surface area contributed by atoms with E-state index >= 15 is 0 Å². The first-order valence-electron chi connectivity index (χ1n) is 9.85. The molecule has 163 valence electrons. The monoisotopic (exact) mass is 519 g/mol. The molecule has 1 radical (unpaired) electrons. The molecule has 3 aliphatic heterocycles. The van der Waals surface area contributed by atoms with Crippen LogP contribution >= 0.6 is 11.8 Å². The zero-order valence-corrected chi connectivity index (χ0v) is 21.2. The molecule has 2 N–H and O–H groups in total. The summed E-state index contributed by atoms with van der Waals surface area (Å²) in [6, 6.07) is 5.83. The van der Waals surface area contributed by atoms with Crippen LogP contribution in [0.25, 0.3) is 5.32 Å². The molecule has 1 aromatic carbocycles. The summed E-state index contributed by atoms with van der Waals surface area (Å²) in [7, 11) is 0. The van der Waals surface area contributed by atoms with Crippen LogP contribution in [-0.4, -0.2) is 69.0 Å². The van der Waals surface area contributed by atoms with Crippen LogP contribution in [0.1, 0.15) is 32.4 Å². The SMILES string of the molecule is CC1N2C(=O)C(NC(=O)C(NC(=O)N3CC[N-]C3=O)c3ccccc3)C2SC1(C)C.[Y]. The van der Waals surface area contributed by atoms with Gasteiger partial charge in [0.2, 0.25) is 17.8 Å². The molecule has 11 heteroatoms. The first-order chi connectivity index (χ1) is 14.2. The molecule has 4 rings (SSSR count). The Hall–Kier alpha value is -1.65. The Bertz CT molecular complexity index is 899. The summed E-state index contributed by atoms with van der Waals surface area (Å²) in [6.45, 7) is 6.59. The van der Waals surface area contributed by atoms with E-state index in [0.717, 1.165) is 4.90 Å². The minimum Gasteiger partial charge on any atom is -0.430 e. The first-order valence-corrected chi connectivity index (χ1v) is 10.7. The van der Waals surface area contributed by atoms with Gasteiger partial charge in [0, 0.05) is 43.5 Å². The molecule has 3 aliphatic rings. The van der Waals surface area contributed by atoms with E-state index in [1.807, 2.05) is 6.92 Å². The third kappa shape index (κ3) is 4.34. The van der Waals surface area contributed by atoms with Crippen molar-refractivity contribution in [2.75, 3.05) is 13.1 Å². The van der Waals surface area contributed by atoms with Crippen molar-refractivity contribution in [2.24, 2.45) is 0 Å². The molecule has 1 aromatic rings. The van der Waals surface area contributed by atoms with Gasteiger partial charge in [0.15, 0.2) is 6.03 Å². The number of fused-ring (bicyclic) bond motifs is 1. The normalized spacial score (nSPS) is 26.9. The molecule has 4 unspecified atom stereocenters. The molecule has 31 heavy (non-hydrogen) atoms. The van der Waals surface area contributed by atoms with Gasteiger partial charge in [-0.25, -0.2) is 0 Å². The number of β-lactam (4-membered cyclic amide) rings is 1. The molecular weight excluding hydrogens is 495 g/mol. The van der Waals surface area contributed by atoms with Crippen molar-refractivity contribution >= 4 is 35.6 Å². The van der Waals surface area contributed by atoms with Gasteiger partial charge in [0.1, 0.15) is 17.5 Å². The van der Waals surface area contributed by atoms with Crippen molar-refractivity contribution in [3.05, 3.63) is 41.2 Å². The number of carbonyl (C=O) groups excluding carboxylic acids is 4. The molecule has 6 amide bonds. The predicted molar refractivity (Wildman–Crippen MR) is 112 cm³/mol. The zero-order valence-electron chi connectivity index (χ0n) is 17.6. The number of amides is 6. The molecule has 3 heterocycles. The Morgan fingerprint density at radius 2 is 1.90 bits per heavy atom. The van der Waals surface area contributed by atoms with Crippen LogP contribution in [-0.2, 0) is 42.3 Å². The molecule has 0 aromatic heterocycles. The van der Waals surface area contributed by atoms with Crippen LogP contribution < -0.4 is 10.6 Å². The summed E-state index contributed by atoms with van der Waals surface area (Å²) in [5, 5.41) is 8.98. The van der Waals surface area contributed by atoms with E-state index in [2.05, 4.69) is 29.8 Å². The number of hydrogen-bond donors (Lipinski definition) is 2. The molecule has 0 spiro atoms. The number of thioether (sulfide) groups is 1. The van der Waals surface area contributed by atoms with Crippen LogP contribution in [0, 0.1) is 0 Å². The van der Waals surface area contributed by atoms with Crippen molar-refractivity contribution in [3.63, 3.8) is 0 Å². The number of nitrogens with one attached hydrogen (secondary N) is 2. The summed E-state index contributed by atoms with van der Waals surface area (Å²) >= 11 is 1.66. The van der Waals surface area contributed by atoms with Gasteiger partial charge in [-0.1, -0.05) is 30.3 Å². The van der Waals surface area contributed by atoms with E-state index in [9.17, 15) is 19.2 Å². The van der Waals surface area contributed by atoms with E-state index in [-0.39, 0.29) is 67.9 Å². The van der Waals surface area contributed by atoms with E-state index in [4.69, 9.17) is 0 Å². The Kier molecular flexibility index (Phi) is 7.03. The topological polar surface area (TPSA) is 113 Å². The number of imide groups is 1. The van der Waals surface area contributed by atoms with Crippen LogP contribution in [0.2, 0.25) is 0 Å². The zero-order chi connectivity index (χ0) is 21.6. The summed E-state index contributed by atoms with van der Waals surface area (Å²) in [4.78, 5) is 52.9. The van der Waals surface area contributed by atoms with Crippen LogP contribution in [0.5, 0.6) is 0 Å². The fourth-order valence-electron chi connectivity index (χ4n) is 3.90. The predicted octanol–water partition coefficient (Wildman–Crippen LogP) is 1.81. The fourth-order valence-corrected chi connectivity index (χ4v) is 5.55. The Labute approximate surface area is 210 Å². The van der Waals surface area contributed by atoms with Crippen molar-refractivity contribution in [2.45, 2.75) is 49.0 Å². The fraction of sp³-hybridized carbons (Fsp3) is 0.500. The summed E-state index contributed by atoms with van der Waals surface area (Å²) in [5.41, 5.74) is 0.559. The number of hydrogen-bond acceptors (Lipinski definition) is 5. The van der Waals surface area contributed by atoms with Crippen LogP contribution in [0.15, 0.2) is 30.3 Å². The van der Waals surface area contributed by atoms with Gasteiger partial charge in [-0.3, -0.25) is 19.2 Å². The number of carbonyl (C=O) groups is 4. The average Bonchev–Trinajstić information content (AvgIpc) is 3.24. The summed E-state index contributed by atoms with van der Waals surface area (Å²) < 4.78 is -0.105. The molecule has 0 bridgehead atoms. The van der Waals surface area contributed by atoms with Gasteiger partial charge in [-0.15, -0.1) is 11.8 Å². The molecule has 3 saturated heterocycles. The minimum atomic E-state index is -1.04. The summed E-state index contributed by atoms with van der Waals surface area (Å²) in [5.74, 6) is -0.611. The van der Waals surface area contributed by atoms with E-state index < -0.39 is 30.1 Å². The number of urea groups is 2. The van der Waals surface area contributed by atoms with Crippen molar-refractivity contribution in [1.82, 2.24) is 20.4 Å². The Balaban J connectivity index is 0.00000272. The second kappa shape index (κ2) is 9.07. The number of rotatable bonds is 4. The second-order valence-electron chi connectivity index (χ2n) is 8.13. The minimum absolute atomic E-state index is 0. The first kappa shape index (κ1) is 24.0. The average molecular weight is 519 g/mol. The molecule has 0 saturated carbocycles. The van der Waals surface area contributed by atoms with Crippen LogP contribution in [0.3, 0.4) is 0 Å². The largest absolute Gasteiger partial charge is 0.430 e. The molecular formula is C20H24N5O4SY-. The summed E-state index contributed by atoms with van der Waals surface area (Å²) in [6.07, 6.45) is 0. The second-order valence-corrected chi connectivity index (χ2v) is 9.90. The van der Waals surface area contributed by atoms with Gasteiger partial charge in [-0.2, -0.15) is 0 Å². The molecule has 0 aliphatic carbocycles. The van der Waals surface area contributed by atoms with E-state index in [1.165, 1.54) is 0 Å². The smallest absolute Gasteiger partial charge is 0.249 e. The molecule has 3 fully saturated rings. The molecule has 9 nitrogen and oxygen atoms in total. The Morgan fingerprint density at radius 1 is 1.23 bits per heavy atom. The maximum atomic E-state index is 13.1. The van der Waals surface area contributed by atoms with Gasteiger partial charge >= 0.3 is 0 Å². The standard InChI is InChI=1S/C20H25N5O4S.Y/c1-11-20(2,3)30-17-14(16(27)25(11)17)22-15(26)13(12-7-5-4-6-8-12)23-19(29)24-10-9-21-18(24)28;/h4-8,11,13-14,17H,9-10H2,1-3H3,(H3,21,22,23,26,28,29);/p-1.